The summed E-state index contributed by atoms with van der Waals surface area (Å²) in [5, 5.41) is 2.32. The van der Waals surface area contributed by atoms with E-state index in [1.165, 1.54) is 23.7 Å². The number of fused-ring (bicyclic) bond motifs is 1. The first-order valence-corrected chi connectivity index (χ1v) is 11.8. The number of esters is 1. The Morgan fingerprint density at radius 3 is 2.31 bits per heavy atom. The third-order valence-corrected chi connectivity index (χ3v) is 6.17. The summed E-state index contributed by atoms with van der Waals surface area (Å²) in [4.78, 5) is 13.8. The van der Waals surface area contributed by atoms with Crippen molar-refractivity contribution in [1.29, 1.82) is 0 Å². The molecule has 0 aromatic heterocycles. The lowest BCUT2D eigenvalue weighted by Gasteiger charge is -2.17. The smallest absolute Gasteiger partial charge is 0.305 e. The predicted octanol–water partition coefficient (Wildman–Crippen LogP) is 5.88. The lowest BCUT2D eigenvalue weighted by molar-refractivity contribution is -0.140. The molecule has 2 N–H and O–H groups in total. The zero-order chi connectivity index (χ0) is 24.8. The van der Waals surface area contributed by atoms with E-state index >= 15 is 0 Å². The van der Waals surface area contributed by atoms with Crippen LogP contribution < -0.4 is 15.4 Å². The second-order valence-corrected chi connectivity index (χ2v) is 8.86. The normalized spacial score (nSPS) is 10.8. The van der Waals surface area contributed by atoms with E-state index in [9.17, 15) is 4.79 Å². The minimum absolute atomic E-state index is 0.239. The average molecular weight is 469 g/mol. The molecule has 0 saturated carbocycles. The topological polar surface area (TPSA) is 64.8 Å². The van der Waals surface area contributed by atoms with E-state index < -0.39 is 0 Å². The summed E-state index contributed by atoms with van der Waals surface area (Å²) in [6.07, 6.45) is 1.63. The highest BCUT2D eigenvalue weighted by molar-refractivity contribution is 5.89. The van der Waals surface area contributed by atoms with Crippen LogP contribution in [0.25, 0.3) is 21.9 Å². The second kappa shape index (κ2) is 11.0. The quantitative estimate of drug-likeness (QED) is 0.245. The van der Waals surface area contributed by atoms with Gasteiger partial charge in [-0.2, -0.15) is 0 Å². The van der Waals surface area contributed by atoms with Crippen molar-refractivity contribution in [2.24, 2.45) is 0 Å². The largest absolute Gasteiger partial charge is 0.490 e. The highest BCUT2D eigenvalue weighted by Crippen LogP contribution is 2.38. The molecule has 0 aliphatic heterocycles. The number of aryl methyl sites for hydroxylation is 1. The van der Waals surface area contributed by atoms with E-state index in [1.807, 2.05) is 32.3 Å². The summed E-state index contributed by atoms with van der Waals surface area (Å²) in [5.41, 5.74) is 12.4. The molecule has 4 aromatic carbocycles. The Bertz CT molecular complexity index is 1310. The van der Waals surface area contributed by atoms with E-state index in [0.717, 1.165) is 28.5 Å². The van der Waals surface area contributed by atoms with Crippen LogP contribution in [0.2, 0.25) is 0 Å². The van der Waals surface area contributed by atoms with Crippen LogP contribution in [0.15, 0.2) is 78.9 Å². The number of methoxy groups -OCH3 is 1. The van der Waals surface area contributed by atoms with Gasteiger partial charge in [-0.3, -0.25) is 4.79 Å². The number of nitrogen functional groups attached to an aromatic ring is 1. The van der Waals surface area contributed by atoms with Gasteiger partial charge < -0.3 is 20.1 Å². The molecule has 4 rings (SSSR count). The van der Waals surface area contributed by atoms with Crippen molar-refractivity contribution in [3.8, 4) is 16.9 Å². The number of hydrogen-bond acceptors (Lipinski definition) is 5. The van der Waals surface area contributed by atoms with Crippen LogP contribution in [0.4, 0.5) is 11.4 Å². The van der Waals surface area contributed by atoms with Crippen LogP contribution in [-0.4, -0.2) is 33.8 Å². The molecule has 0 heterocycles. The van der Waals surface area contributed by atoms with E-state index in [-0.39, 0.29) is 5.97 Å². The summed E-state index contributed by atoms with van der Waals surface area (Å²) in [7, 11) is 5.47. The van der Waals surface area contributed by atoms with Crippen LogP contribution in [0, 0.1) is 0 Å². The molecule has 4 aromatic rings. The second-order valence-electron chi connectivity index (χ2n) is 8.86. The SMILES string of the molecule is COC(=O)CCc1cc(N)c(OCCc2ccc(N(C)C)cc2)c(-c2ccc3ccccc3c2)c1. The molecule has 35 heavy (non-hydrogen) atoms. The molecule has 0 unspecified atom stereocenters. The van der Waals surface area contributed by atoms with Crippen molar-refractivity contribution in [3.05, 3.63) is 90.0 Å². The summed E-state index contributed by atoms with van der Waals surface area (Å²) in [6, 6.07) is 27.1. The third-order valence-electron chi connectivity index (χ3n) is 6.17. The molecule has 0 spiro atoms. The number of carbonyl (C=O) groups is 1. The van der Waals surface area contributed by atoms with Gasteiger partial charge in [0.05, 0.1) is 19.4 Å². The number of carbonyl (C=O) groups excluding carboxylic acids is 1. The van der Waals surface area contributed by atoms with Gasteiger partial charge in [-0.05, 0) is 64.2 Å². The van der Waals surface area contributed by atoms with E-state index in [4.69, 9.17) is 15.2 Å². The van der Waals surface area contributed by atoms with Crippen LogP contribution in [-0.2, 0) is 22.4 Å². The average Bonchev–Trinajstić information content (AvgIpc) is 2.88. The molecule has 0 saturated heterocycles. The van der Waals surface area contributed by atoms with Crippen molar-refractivity contribution in [2.75, 3.05) is 38.4 Å². The first kappa shape index (κ1) is 24.1. The molecule has 5 heteroatoms. The van der Waals surface area contributed by atoms with Gasteiger partial charge in [0.15, 0.2) is 0 Å². The Balaban J connectivity index is 1.61. The molecule has 0 fully saturated rings. The Hall–Kier alpha value is -3.99. The standard InChI is InChI=1S/C30H32N2O3/c1-32(2)26-13-8-21(9-14-26)16-17-35-30-27(18-22(19-28(30)31)10-15-29(33)34-3)25-12-11-23-6-4-5-7-24(23)20-25/h4-9,11-14,18-20H,10,15-17,31H2,1-3H3. The summed E-state index contributed by atoms with van der Waals surface area (Å²) in [5.74, 6) is 0.434. The summed E-state index contributed by atoms with van der Waals surface area (Å²) >= 11 is 0. The monoisotopic (exact) mass is 468 g/mol. The van der Waals surface area contributed by atoms with Gasteiger partial charge in [0, 0.05) is 38.2 Å². The number of nitrogens with zero attached hydrogens (tertiary/aromatic N) is 1. The van der Waals surface area contributed by atoms with Crippen LogP contribution in [0.1, 0.15) is 17.5 Å². The fourth-order valence-electron chi connectivity index (χ4n) is 4.17. The van der Waals surface area contributed by atoms with Crippen molar-refractivity contribution < 1.29 is 14.3 Å². The maximum Gasteiger partial charge on any atom is 0.305 e. The molecule has 0 bridgehead atoms. The fraction of sp³-hybridized carbons (Fsp3) is 0.233. The van der Waals surface area contributed by atoms with Gasteiger partial charge >= 0.3 is 5.97 Å². The zero-order valence-electron chi connectivity index (χ0n) is 20.6. The van der Waals surface area contributed by atoms with Gasteiger partial charge in [-0.1, -0.05) is 48.5 Å². The molecule has 5 nitrogen and oxygen atoms in total. The molecule has 0 atom stereocenters. The number of nitrogens with two attached hydrogens (primary N) is 1. The first-order chi connectivity index (χ1) is 16.9. The molecular weight excluding hydrogens is 436 g/mol. The highest BCUT2D eigenvalue weighted by atomic mass is 16.5. The lowest BCUT2D eigenvalue weighted by Crippen LogP contribution is -2.09. The molecule has 0 aliphatic carbocycles. The molecule has 180 valence electrons. The van der Waals surface area contributed by atoms with Gasteiger partial charge in [-0.15, -0.1) is 0 Å². The van der Waals surface area contributed by atoms with E-state index in [1.54, 1.807) is 0 Å². The van der Waals surface area contributed by atoms with Gasteiger partial charge in [-0.25, -0.2) is 0 Å². The van der Waals surface area contributed by atoms with Crippen molar-refractivity contribution >= 4 is 28.1 Å². The van der Waals surface area contributed by atoms with Crippen LogP contribution >= 0.6 is 0 Å². The predicted molar refractivity (Wildman–Crippen MR) is 144 cm³/mol. The number of anilines is 2. The van der Waals surface area contributed by atoms with Crippen molar-refractivity contribution in [2.45, 2.75) is 19.3 Å². The van der Waals surface area contributed by atoms with Gasteiger partial charge in [0.1, 0.15) is 5.75 Å². The Morgan fingerprint density at radius 1 is 0.857 bits per heavy atom. The summed E-state index contributed by atoms with van der Waals surface area (Å²) in [6.45, 7) is 0.508. The maximum absolute atomic E-state index is 11.7. The first-order valence-electron chi connectivity index (χ1n) is 11.8. The van der Waals surface area contributed by atoms with Crippen molar-refractivity contribution in [1.82, 2.24) is 0 Å². The van der Waals surface area contributed by atoms with Gasteiger partial charge in [0.2, 0.25) is 0 Å². The number of rotatable bonds is 9. The Kier molecular flexibility index (Phi) is 7.56. The number of hydrogen-bond donors (Lipinski definition) is 1. The molecule has 0 amide bonds. The van der Waals surface area contributed by atoms with Crippen LogP contribution in [0.3, 0.4) is 0 Å². The van der Waals surface area contributed by atoms with E-state index in [2.05, 4.69) is 65.6 Å². The summed E-state index contributed by atoms with van der Waals surface area (Å²) < 4.78 is 11.1. The molecule has 0 radical (unpaired) electrons. The van der Waals surface area contributed by atoms with Crippen molar-refractivity contribution in [3.63, 3.8) is 0 Å². The Morgan fingerprint density at radius 2 is 1.60 bits per heavy atom. The third kappa shape index (κ3) is 5.93. The maximum atomic E-state index is 11.7. The lowest BCUT2D eigenvalue weighted by atomic mass is 9.96. The fourth-order valence-corrected chi connectivity index (χ4v) is 4.17. The molecular formula is C30H32N2O3. The minimum Gasteiger partial charge on any atom is -0.490 e. The van der Waals surface area contributed by atoms with E-state index in [0.29, 0.717) is 30.9 Å². The van der Waals surface area contributed by atoms with Crippen LogP contribution in [0.5, 0.6) is 5.75 Å². The number of ether oxygens (including phenoxy) is 2. The molecule has 0 aliphatic rings. The Labute approximate surface area is 207 Å². The zero-order valence-corrected chi connectivity index (χ0v) is 20.6. The highest BCUT2D eigenvalue weighted by Gasteiger charge is 2.14. The minimum atomic E-state index is -0.239. The van der Waals surface area contributed by atoms with Gasteiger partial charge in [0.25, 0.3) is 0 Å². The number of benzene rings is 4.